The molecule has 0 bridgehead atoms. The molecule has 1 aliphatic carbocycles. The fourth-order valence-corrected chi connectivity index (χ4v) is 1.77. The summed E-state index contributed by atoms with van der Waals surface area (Å²) in [4.78, 5) is 0. The molecule has 1 aromatic rings. The molecule has 1 atom stereocenters. The van der Waals surface area contributed by atoms with Gasteiger partial charge < -0.3 is 0 Å². The summed E-state index contributed by atoms with van der Waals surface area (Å²) in [6.45, 7) is 6.34. The maximum absolute atomic E-state index is 2.34. The highest BCUT2D eigenvalue weighted by molar-refractivity contribution is 5.18. The van der Waals surface area contributed by atoms with Crippen LogP contribution < -0.4 is 0 Å². The van der Waals surface area contributed by atoms with E-state index in [0.717, 1.165) is 11.8 Å². The molecule has 1 saturated carbocycles. The maximum Gasteiger partial charge on any atom is -0.0188 e. The molecule has 78 valence electrons. The first kappa shape index (κ1) is 11.3. The second kappa shape index (κ2) is 5.85. The average Bonchev–Trinajstić information content (AvgIpc) is 3.06. The third kappa shape index (κ3) is 3.53. The summed E-state index contributed by atoms with van der Waals surface area (Å²) >= 11 is 0. The molecule has 0 nitrogen and oxygen atoms in total. The maximum atomic E-state index is 2.34. The Morgan fingerprint density at radius 1 is 1.14 bits per heavy atom. The van der Waals surface area contributed by atoms with E-state index in [1.165, 1.54) is 24.8 Å². The SMILES string of the molecule is CC.C[C@@H](CC1CC1)c1ccccc1. The van der Waals surface area contributed by atoms with Crippen molar-refractivity contribution >= 4 is 0 Å². The molecule has 0 heteroatoms. The molecule has 0 aliphatic heterocycles. The highest BCUT2D eigenvalue weighted by Gasteiger charge is 2.23. The fourth-order valence-electron chi connectivity index (χ4n) is 1.77. The van der Waals surface area contributed by atoms with E-state index in [-0.39, 0.29) is 0 Å². The van der Waals surface area contributed by atoms with Gasteiger partial charge in [-0.2, -0.15) is 0 Å². The summed E-state index contributed by atoms with van der Waals surface area (Å²) in [5, 5.41) is 0. The van der Waals surface area contributed by atoms with Gasteiger partial charge in [0.15, 0.2) is 0 Å². The summed E-state index contributed by atoms with van der Waals surface area (Å²) < 4.78 is 0. The minimum Gasteiger partial charge on any atom is -0.0683 e. The quantitative estimate of drug-likeness (QED) is 0.652. The predicted octanol–water partition coefficient (Wildman–Crippen LogP) is 4.62. The third-order valence-corrected chi connectivity index (χ3v) is 2.75. The molecule has 0 aromatic heterocycles. The number of rotatable bonds is 3. The second-order valence-corrected chi connectivity index (χ2v) is 3.99. The van der Waals surface area contributed by atoms with Crippen LogP contribution in [0.3, 0.4) is 0 Å². The van der Waals surface area contributed by atoms with Gasteiger partial charge in [-0.25, -0.2) is 0 Å². The normalized spacial score (nSPS) is 16.8. The molecule has 1 aromatic carbocycles. The van der Waals surface area contributed by atoms with Crippen LogP contribution in [0, 0.1) is 5.92 Å². The average molecular weight is 190 g/mol. The van der Waals surface area contributed by atoms with Crippen LogP contribution in [0.5, 0.6) is 0 Å². The van der Waals surface area contributed by atoms with Gasteiger partial charge in [0.1, 0.15) is 0 Å². The van der Waals surface area contributed by atoms with Gasteiger partial charge in [0.05, 0.1) is 0 Å². The van der Waals surface area contributed by atoms with E-state index in [1.807, 2.05) is 13.8 Å². The Morgan fingerprint density at radius 3 is 2.21 bits per heavy atom. The summed E-state index contributed by atoms with van der Waals surface area (Å²) in [7, 11) is 0. The van der Waals surface area contributed by atoms with Crippen molar-refractivity contribution in [1.82, 2.24) is 0 Å². The molecule has 2 rings (SSSR count). The monoisotopic (exact) mass is 190 g/mol. The molecular weight excluding hydrogens is 168 g/mol. The van der Waals surface area contributed by atoms with Crippen LogP contribution in [0.1, 0.15) is 51.5 Å². The van der Waals surface area contributed by atoms with E-state index in [1.54, 1.807) is 0 Å². The van der Waals surface area contributed by atoms with Gasteiger partial charge in [-0.15, -0.1) is 0 Å². The van der Waals surface area contributed by atoms with Crippen LogP contribution in [-0.4, -0.2) is 0 Å². The zero-order valence-corrected chi connectivity index (χ0v) is 9.66. The van der Waals surface area contributed by atoms with Crippen molar-refractivity contribution in [2.45, 2.75) is 46.0 Å². The molecular formula is C14H22. The van der Waals surface area contributed by atoms with E-state index in [4.69, 9.17) is 0 Å². The van der Waals surface area contributed by atoms with Gasteiger partial charge in [-0.05, 0) is 23.8 Å². The Balaban J connectivity index is 0.000000461. The minimum atomic E-state index is 0.763. The molecule has 1 fully saturated rings. The molecule has 0 saturated heterocycles. The van der Waals surface area contributed by atoms with Crippen molar-refractivity contribution < 1.29 is 0 Å². The van der Waals surface area contributed by atoms with Crippen molar-refractivity contribution in [2.24, 2.45) is 5.92 Å². The lowest BCUT2D eigenvalue weighted by Gasteiger charge is -2.09. The molecule has 0 heterocycles. The lowest BCUT2D eigenvalue weighted by molar-refractivity contribution is 0.619. The van der Waals surface area contributed by atoms with Gasteiger partial charge in [0, 0.05) is 0 Å². The highest BCUT2D eigenvalue weighted by Crippen LogP contribution is 2.38. The van der Waals surface area contributed by atoms with Gasteiger partial charge in [-0.3, -0.25) is 0 Å². The lowest BCUT2D eigenvalue weighted by atomic mass is 9.96. The van der Waals surface area contributed by atoms with Gasteiger partial charge in [0.2, 0.25) is 0 Å². The predicted molar refractivity (Wildman–Crippen MR) is 63.5 cm³/mol. The van der Waals surface area contributed by atoms with Crippen molar-refractivity contribution in [3.63, 3.8) is 0 Å². The Bertz CT molecular complexity index is 233. The summed E-state index contributed by atoms with van der Waals surface area (Å²) in [5.41, 5.74) is 1.50. The first-order chi connectivity index (χ1) is 6.86. The van der Waals surface area contributed by atoms with Gasteiger partial charge in [-0.1, -0.05) is 63.9 Å². The van der Waals surface area contributed by atoms with Crippen LogP contribution >= 0.6 is 0 Å². The van der Waals surface area contributed by atoms with Gasteiger partial charge >= 0.3 is 0 Å². The standard InChI is InChI=1S/C12H16.C2H6/c1-10(9-11-7-8-11)12-5-3-2-4-6-12;1-2/h2-6,10-11H,7-9H2,1H3;1-2H3/t10-;/m0./s1. The Kier molecular flexibility index (Phi) is 4.72. The van der Waals surface area contributed by atoms with E-state index < -0.39 is 0 Å². The van der Waals surface area contributed by atoms with Crippen LogP contribution in [-0.2, 0) is 0 Å². The molecule has 0 N–H and O–H groups in total. The van der Waals surface area contributed by atoms with Crippen LogP contribution in [0.25, 0.3) is 0 Å². The van der Waals surface area contributed by atoms with Crippen molar-refractivity contribution in [3.05, 3.63) is 35.9 Å². The summed E-state index contributed by atoms with van der Waals surface area (Å²) in [6.07, 6.45) is 4.33. The largest absolute Gasteiger partial charge is 0.0683 e. The first-order valence-electron chi connectivity index (χ1n) is 5.91. The topological polar surface area (TPSA) is 0 Å². The van der Waals surface area contributed by atoms with Crippen LogP contribution in [0.4, 0.5) is 0 Å². The third-order valence-electron chi connectivity index (χ3n) is 2.75. The lowest BCUT2D eigenvalue weighted by Crippen LogP contribution is -1.93. The Labute approximate surface area is 88.4 Å². The molecule has 0 radical (unpaired) electrons. The number of hydrogen-bond acceptors (Lipinski definition) is 0. The zero-order chi connectivity index (χ0) is 10.4. The van der Waals surface area contributed by atoms with E-state index in [0.29, 0.717) is 0 Å². The van der Waals surface area contributed by atoms with Crippen molar-refractivity contribution in [2.75, 3.05) is 0 Å². The van der Waals surface area contributed by atoms with Crippen LogP contribution in [0.15, 0.2) is 30.3 Å². The zero-order valence-electron chi connectivity index (χ0n) is 9.66. The van der Waals surface area contributed by atoms with E-state index >= 15 is 0 Å². The molecule has 1 aliphatic rings. The first-order valence-corrected chi connectivity index (χ1v) is 5.91. The fraction of sp³-hybridized carbons (Fsp3) is 0.571. The number of benzene rings is 1. The second-order valence-electron chi connectivity index (χ2n) is 3.99. The smallest absolute Gasteiger partial charge is 0.0188 e. The number of hydrogen-bond donors (Lipinski definition) is 0. The Hall–Kier alpha value is -0.780. The van der Waals surface area contributed by atoms with Gasteiger partial charge in [0.25, 0.3) is 0 Å². The molecule has 0 spiro atoms. The minimum absolute atomic E-state index is 0.763. The molecule has 0 amide bonds. The molecule has 0 unspecified atom stereocenters. The van der Waals surface area contributed by atoms with E-state index in [9.17, 15) is 0 Å². The molecule has 14 heavy (non-hydrogen) atoms. The van der Waals surface area contributed by atoms with E-state index in [2.05, 4.69) is 37.3 Å². The van der Waals surface area contributed by atoms with Crippen molar-refractivity contribution in [1.29, 1.82) is 0 Å². The van der Waals surface area contributed by atoms with Crippen molar-refractivity contribution in [3.8, 4) is 0 Å². The van der Waals surface area contributed by atoms with Crippen LogP contribution in [0.2, 0.25) is 0 Å². The summed E-state index contributed by atoms with van der Waals surface area (Å²) in [5.74, 6) is 1.80. The summed E-state index contributed by atoms with van der Waals surface area (Å²) in [6, 6.07) is 10.9. The highest BCUT2D eigenvalue weighted by atomic mass is 14.3. The Morgan fingerprint density at radius 2 is 1.71 bits per heavy atom.